The highest BCUT2D eigenvalue weighted by atomic mass is 32.1. The average Bonchev–Trinajstić information content (AvgIpc) is 3.00. The van der Waals surface area contributed by atoms with E-state index in [9.17, 15) is 0 Å². The maximum Gasteiger partial charge on any atom is 0.0490 e. The molecule has 0 radical (unpaired) electrons. The van der Waals surface area contributed by atoms with Gasteiger partial charge < -0.3 is 0 Å². The fourth-order valence-corrected chi connectivity index (χ4v) is 3.45. The lowest BCUT2D eigenvalue weighted by Gasteiger charge is -2.14. The van der Waals surface area contributed by atoms with Crippen LogP contribution in [0.2, 0.25) is 0 Å². The van der Waals surface area contributed by atoms with Crippen molar-refractivity contribution in [2.75, 3.05) is 13.1 Å². The first-order valence-corrected chi connectivity index (χ1v) is 6.90. The average molecular weight is 247 g/mol. The first-order chi connectivity index (χ1) is 8.31. The minimum absolute atomic E-state index is 0.638. The summed E-state index contributed by atoms with van der Waals surface area (Å²) in [7, 11) is 0. The molecule has 3 heterocycles. The lowest BCUT2D eigenvalue weighted by Crippen LogP contribution is -2.19. The Labute approximate surface area is 105 Å². The van der Waals surface area contributed by atoms with Gasteiger partial charge in [-0.15, -0.1) is 11.3 Å². The molecule has 3 nitrogen and oxygen atoms in total. The Balaban J connectivity index is 1.61. The molecule has 0 aliphatic carbocycles. The zero-order valence-electron chi connectivity index (χ0n) is 10.0. The Bertz CT molecular complexity index is 475. The second-order valence-corrected chi connectivity index (χ2v) is 6.12. The second-order valence-electron chi connectivity index (χ2n) is 4.75. The Morgan fingerprint density at radius 1 is 1.47 bits per heavy atom. The molecule has 90 valence electrons. The van der Waals surface area contributed by atoms with Crippen molar-refractivity contribution in [3.8, 4) is 0 Å². The first-order valence-electron chi connectivity index (χ1n) is 6.08. The SMILES string of the molecule is Cc1ccc(CN2CC[C@@H](c3ccn[nH]3)C2)s1. The zero-order chi connectivity index (χ0) is 11.7. The Morgan fingerprint density at radius 3 is 3.12 bits per heavy atom. The highest BCUT2D eigenvalue weighted by molar-refractivity contribution is 7.11. The van der Waals surface area contributed by atoms with Gasteiger partial charge in [0.25, 0.3) is 0 Å². The molecule has 17 heavy (non-hydrogen) atoms. The van der Waals surface area contributed by atoms with E-state index in [4.69, 9.17) is 0 Å². The summed E-state index contributed by atoms with van der Waals surface area (Å²) < 4.78 is 0. The zero-order valence-corrected chi connectivity index (χ0v) is 10.8. The van der Waals surface area contributed by atoms with Crippen LogP contribution in [0.4, 0.5) is 0 Å². The minimum Gasteiger partial charge on any atom is -0.298 e. The van der Waals surface area contributed by atoms with Crippen LogP contribution in [0.3, 0.4) is 0 Å². The van der Waals surface area contributed by atoms with Gasteiger partial charge in [0.05, 0.1) is 0 Å². The fraction of sp³-hybridized carbons (Fsp3) is 0.462. The van der Waals surface area contributed by atoms with E-state index in [2.05, 4.69) is 40.2 Å². The lowest BCUT2D eigenvalue weighted by atomic mass is 10.1. The predicted octanol–water partition coefficient (Wildman–Crippen LogP) is 2.77. The second kappa shape index (κ2) is 4.63. The van der Waals surface area contributed by atoms with Gasteiger partial charge in [0.1, 0.15) is 0 Å². The van der Waals surface area contributed by atoms with E-state index < -0.39 is 0 Å². The largest absolute Gasteiger partial charge is 0.298 e. The number of nitrogens with zero attached hydrogens (tertiary/aromatic N) is 2. The van der Waals surface area contributed by atoms with Crippen LogP contribution in [0.1, 0.15) is 27.8 Å². The van der Waals surface area contributed by atoms with E-state index in [1.165, 1.54) is 28.4 Å². The van der Waals surface area contributed by atoms with Crippen LogP contribution in [0, 0.1) is 6.92 Å². The molecule has 0 aromatic carbocycles. The molecule has 1 aliphatic heterocycles. The van der Waals surface area contributed by atoms with Crippen molar-refractivity contribution in [1.29, 1.82) is 0 Å². The molecule has 1 fully saturated rings. The molecular formula is C13H17N3S. The fourth-order valence-electron chi connectivity index (χ4n) is 2.51. The van der Waals surface area contributed by atoms with Crippen molar-refractivity contribution in [3.63, 3.8) is 0 Å². The molecule has 0 unspecified atom stereocenters. The normalized spacial score (nSPS) is 21.1. The number of H-pyrrole nitrogens is 1. The third kappa shape index (κ3) is 2.42. The molecule has 0 saturated carbocycles. The Morgan fingerprint density at radius 2 is 2.41 bits per heavy atom. The van der Waals surface area contributed by atoms with Crippen LogP contribution in [0.25, 0.3) is 0 Å². The van der Waals surface area contributed by atoms with Crippen molar-refractivity contribution in [1.82, 2.24) is 15.1 Å². The number of aryl methyl sites for hydroxylation is 1. The molecule has 3 rings (SSSR count). The number of likely N-dealkylation sites (tertiary alicyclic amines) is 1. The Hall–Kier alpha value is -1.13. The van der Waals surface area contributed by atoms with Crippen molar-refractivity contribution in [2.24, 2.45) is 0 Å². The number of aromatic amines is 1. The summed E-state index contributed by atoms with van der Waals surface area (Å²) in [6, 6.07) is 6.56. The number of hydrogen-bond donors (Lipinski definition) is 1. The summed E-state index contributed by atoms with van der Waals surface area (Å²) in [5, 5.41) is 7.13. The standard InChI is InChI=1S/C13H17N3S/c1-10-2-3-12(17-10)9-16-7-5-11(8-16)13-4-6-14-15-13/h2-4,6,11H,5,7-9H2,1H3,(H,14,15)/t11-/m1/s1. The van der Waals surface area contributed by atoms with Gasteiger partial charge in [-0.25, -0.2) is 0 Å². The van der Waals surface area contributed by atoms with Crippen LogP contribution >= 0.6 is 11.3 Å². The van der Waals surface area contributed by atoms with Crippen LogP contribution in [-0.4, -0.2) is 28.2 Å². The molecular weight excluding hydrogens is 230 g/mol. The minimum atomic E-state index is 0.638. The highest BCUT2D eigenvalue weighted by Crippen LogP contribution is 2.27. The molecule has 2 aromatic rings. The Kier molecular flexibility index (Phi) is 2.99. The van der Waals surface area contributed by atoms with E-state index in [0.29, 0.717) is 5.92 Å². The van der Waals surface area contributed by atoms with Crippen molar-refractivity contribution >= 4 is 11.3 Å². The summed E-state index contributed by atoms with van der Waals surface area (Å²) in [6.07, 6.45) is 3.09. The van der Waals surface area contributed by atoms with Crippen molar-refractivity contribution in [3.05, 3.63) is 39.8 Å². The van der Waals surface area contributed by atoms with Gasteiger partial charge in [-0.2, -0.15) is 5.10 Å². The topological polar surface area (TPSA) is 31.9 Å². The van der Waals surface area contributed by atoms with Gasteiger partial charge in [0.2, 0.25) is 0 Å². The predicted molar refractivity (Wildman–Crippen MR) is 70.3 cm³/mol. The van der Waals surface area contributed by atoms with Gasteiger partial charge in [0.15, 0.2) is 0 Å². The van der Waals surface area contributed by atoms with E-state index in [0.717, 1.165) is 13.1 Å². The van der Waals surface area contributed by atoms with E-state index >= 15 is 0 Å². The quantitative estimate of drug-likeness (QED) is 0.904. The third-order valence-electron chi connectivity index (χ3n) is 3.41. The van der Waals surface area contributed by atoms with Gasteiger partial charge in [-0.1, -0.05) is 0 Å². The molecule has 1 aliphatic rings. The lowest BCUT2D eigenvalue weighted by molar-refractivity contribution is 0.329. The van der Waals surface area contributed by atoms with Crippen LogP contribution in [0.15, 0.2) is 24.4 Å². The molecule has 1 N–H and O–H groups in total. The highest BCUT2D eigenvalue weighted by Gasteiger charge is 2.24. The van der Waals surface area contributed by atoms with Gasteiger partial charge in [-0.3, -0.25) is 10.00 Å². The molecule has 2 aromatic heterocycles. The summed E-state index contributed by atoms with van der Waals surface area (Å²) in [5.41, 5.74) is 1.29. The smallest absolute Gasteiger partial charge is 0.0490 e. The molecule has 0 amide bonds. The van der Waals surface area contributed by atoms with Crippen LogP contribution < -0.4 is 0 Å². The molecule has 1 saturated heterocycles. The summed E-state index contributed by atoms with van der Waals surface area (Å²) in [6.45, 7) is 5.62. The van der Waals surface area contributed by atoms with Gasteiger partial charge >= 0.3 is 0 Å². The number of hydrogen-bond acceptors (Lipinski definition) is 3. The third-order valence-corrected chi connectivity index (χ3v) is 4.40. The number of aromatic nitrogens is 2. The van der Waals surface area contributed by atoms with Crippen LogP contribution in [-0.2, 0) is 6.54 Å². The number of thiophene rings is 1. The molecule has 0 spiro atoms. The number of rotatable bonds is 3. The molecule has 1 atom stereocenters. The summed E-state index contributed by atoms with van der Waals surface area (Å²) in [4.78, 5) is 5.42. The van der Waals surface area contributed by atoms with Gasteiger partial charge in [0, 0.05) is 40.7 Å². The van der Waals surface area contributed by atoms with Crippen molar-refractivity contribution in [2.45, 2.75) is 25.8 Å². The summed E-state index contributed by atoms with van der Waals surface area (Å²) in [5.74, 6) is 0.638. The van der Waals surface area contributed by atoms with E-state index in [1.807, 2.05) is 17.5 Å². The molecule has 0 bridgehead atoms. The van der Waals surface area contributed by atoms with Gasteiger partial charge in [-0.05, 0) is 38.1 Å². The van der Waals surface area contributed by atoms with E-state index in [-0.39, 0.29) is 0 Å². The van der Waals surface area contributed by atoms with Crippen molar-refractivity contribution < 1.29 is 0 Å². The maximum absolute atomic E-state index is 4.04. The number of nitrogens with one attached hydrogen (secondary N) is 1. The monoisotopic (exact) mass is 247 g/mol. The summed E-state index contributed by atoms with van der Waals surface area (Å²) >= 11 is 1.91. The maximum atomic E-state index is 4.04. The van der Waals surface area contributed by atoms with E-state index in [1.54, 1.807) is 0 Å². The first kappa shape index (κ1) is 11.0. The van der Waals surface area contributed by atoms with Crippen LogP contribution in [0.5, 0.6) is 0 Å². The molecule has 4 heteroatoms.